The van der Waals surface area contributed by atoms with Gasteiger partial charge in [-0.2, -0.15) is 10.5 Å². The maximum absolute atomic E-state index is 9.82. The minimum Gasteiger partial charge on any atom is -0.392 e. The summed E-state index contributed by atoms with van der Waals surface area (Å²) in [4.78, 5) is 1.82. The van der Waals surface area contributed by atoms with Crippen molar-refractivity contribution in [3.8, 4) is 12.1 Å². The molecule has 0 aliphatic heterocycles. The number of allylic oxidation sites excluding steroid dienone is 2. The zero-order valence-corrected chi connectivity index (χ0v) is 18.6. The van der Waals surface area contributed by atoms with Crippen molar-refractivity contribution >= 4 is 45.1 Å². The Bertz CT molecular complexity index is 1350. The van der Waals surface area contributed by atoms with Gasteiger partial charge in [0.05, 0.1) is 10.1 Å². The molecule has 32 heavy (non-hydrogen) atoms. The molecular formula is C26H18N4S2. The standard InChI is InChI=1S/C26H18N4S2/c27-15-21(25(29)31-23-13-5-9-17-7-1-3-11-19(17)23)22(16-28)26(30)32-24-14-6-10-18-8-2-4-12-20(18)24/h1-14H,29-30H2/b25-21+,26-22+. The molecule has 0 aromatic heterocycles. The fourth-order valence-corrected chi connectivity index (χ4v) is 5.24. The van der Waals surface area contributed by atoms with Gasteiger partial charge in [-0.1, -0.05) is 96.3 Å². The quantitative estimate of drug-likeness (QED) is 0.211. The summed E-state index contributed by atoms with van der Waals surface area (Å²) in [6, 6.07) is 31.9. The van der Waals surface area contributed by atoms with Gasteiger partial charge in [0, 0.05) is 9.79 Å². The molecule has 0 bridgehead atoms. The minimum absolute atomic E-state index is 0.0793. The Morgan fingerprint density at radius 2 is 0.938 bits per heavy atom. The van der Waals surface area contributed by atoms with E-state index in [0.717, 1.165) is 31.3 Å². The first-order chi connectivity index (χ1) is 15.6. The number of rotatable bonds is 5. The smallest absolute Gasteiger partial charge is 0.103 e. The minimum atomic E-state index is 0.0793. The van der Waals surface area contributed by atoms with Crippen LogP contribution >= 0.6 is 23.5 Å². The van der Waals surface area contributed by atoms with Crippen LogP contribution in [0.4, 0.5) is 0 Å². The van der Waals surface area contributed by atoms with E-state index in [2.05, 4.69) is 12.1 Å². The first kappa shape index (κ1) is 21.4. The maximum Gasteiger partial charge on any atom is 0.103 e. The van der Waals surface area contributed by atoms with Crippen molar-refractivity contribution in [1.82, 2.24) is 0 Å². The van der Waals surface area contributed by atoms with Gasteiger partial charge in [0.2, 0.25) is 0 Å². The predicted molar refractivity (Wildman–Crippen MR) is 133 cm³/mol. The molecule has 4 N–H and O–H groups in total. The highest BCUT2D eigenvalue weighted by Gasteiger charge is 2.17. The van der Waals surface area contributed by atoms with Crippen LogP contribution in [0.2, 0.25) is 0 Å². The molecule has 0 saturated heterocycles. The third kappa shape index (κ3) is 4.29. The Kier molecular flexibility index (Phi) is 6.37. The third-order valence-electron chi connectivity index (χ3n) is 4.91. The summed E-state index contributed by atoms with van der Waals surface area (Å²) in [7, 11) is 0. The van der Waals surface area contributed by atoms with Crippen LogP contribution in [0.5, 0.6) is 0 Å². The Labute approximate surface area is 194 Å². The summed E-state index contributed by atoms with van der Waals surface area (Å²) in [5.74, 6) is 0. The highest BCUT2D eigenvalue weighted by atomic mass is 32.2. The van der Waals surface area contributed by atoms with Crippen molar-refractivity contribution in [3.05, 3.63) is 106 Å². The second kappa shape index (κ2) is 9.53. The molecule has 0 aliphatic rings. The van der Waals surface area contributed by atoms with Crippen molar-refractivity contribution in [2.24, 2.45) is 11.5 Å². The van der Waals surface area contributed by atoms with E-state index in [-0.39, 0.29) is 21.2 Å². The number of hydrogen-bond acceptors (Lipinski definition) is 6. The molecule has 4 aromatic rings. The Morgan fingerprint density at radius 1 is 0.562 bits per heavy atom. The van der Waals surface area contributed by atoms with Crippen LogP contribution in [-0.2, 0) is 0 Å². The highest BCUT2D eigenvalue weighted by Crippen LogP contribution is 2.36. The number of nitrogens with zero attached hydrogens (tertiary/aromatic N) is 2. The lowest BCUT2D eigenvalue weighted by Gasteiger charge is -2.10. The molecule has 4 rings (SSSR count). The zero-order chi connectivity index (χ0) is 22.5. The van der Waals surface area contributed by atoms with Crippen LogP contribution in [-0.4, -0.2) is 0 Å². The van der Waals surface area contributed by atoms with Crippen LogP contribution in [0.15, 0.2) is 116 Å². The number of nitriles is 2. The number of fused-ring (bicyclic) bond motifs is 2. The van der Waals surface area contributed by atoms with Crippen molar-refractivity contribution in [2.45, 2.75) is 9.79 Å². The van der Waals surface area contributed by atoms with Crippen molar-refractivity contribution in [3.63, 3.8) is 0 Å². The van der Waals surface area contributed by atoms with Gasteiger partial charge >= 0.3 is 0 Å². The lowest BCUT2D eigenvalue weighted by atomic mass is 10.1. The molecule has 0 saturated carbocycles. The Morgan fingerprint density at radius 3 is 1.34 bits per heavy atom. The van der Waals surface area contributed by atoms with Gasteiger partial charge in [-0.05, 0) is 33.7 Å². The van der Waals surface area contributed by atoms with E-state index >= 15 is 0 Å². The van der Waals surface area contributed by atoms with Gasteiger partial charge < -0.3 is 11.5 Å². The molecule has 0 spiro atoms. The third-order valence-corrected chi connectivity index (χ3v) is 6.91. The molecule has 154 valence electrons. The van der Waals surface area contributed by atoms with Gasteiger partial charge in [0.25, 0.3) is 0 Å². The normalized spacial score (nSPS) is 12.6. The molecule has 0 unspecified atom stereocenters. The van der Waals surface area contributed by atoms with E-state index in [4.69, 9.17) is 11.5 Å². The van der Waals surface area contributed by atoms with Crippen LogP contribution in [0, 0.1) is 22.7 Å². The van der Waals surface area contributed by atoms with Crippen molar-refractivity contribution in [1.29, 1.82) is 10.5 Å². The topological polar surface area (TPSA) is 99.6 Å². The molecule has 0 aliphatic carbocycles. The number of nitrogens with two attached hydrogens (primary N) is 2. The van der Waals surface area contributed by atoms with Crippen molar-refractivity contribution < 1.29 is 0 Å². The summed E-state index contributed by atoms with van der Waals surface area (Å²) in [6.45, 7) is 0. The number of benzene rings is 4. The van der Waals surface area contributed by atoms with Crippen LogP contribution in [0.1, 0.15) is 0 Å². The zero-order valence-electron chi connectivity index (χ0n) is 16.9. The molecule has 4 aromatic carbocycles. The molecule has 4 nitrogen and oxygen atoms in total. The van der Waals surface area contributed by atoms with Crippen LogP contribution in [0.25, 0.3) is 21.5 Å². The lowest BCUT2D eigenvalue weighted by molar-refractivity contribution is 1.34. The Balaban J connectivity index is 1.73. The van der Waals surface area contributed by atoms with E-state index in [9.17, 15) is 10.5 Å². The lowest BCUT2D eigenvalue weighted by Crippen LogP contribution is -2.05. The highest BCUT2D eigenvalue weighted by molar-refractivity contribution is 8.03. The number of thioether (sulfide) groups is 2. The molecule has 0 heterocycles. The second-order valence-electron chi connectivity index (χ2n) is 6.86. The van der Waals surface area contributed by atoms with E-state index < -0.39 is 0 Å². The second-order valence-corrected chi connectivity index (χ2v) is 9.03. The van der Waals surface area contributed by atoms with Gasteiger partial charge in [-0.25, -0.2) is 0 Å². The molecule has 0 radical (unpaired) electrons. The van der Waals surface area contributed by atoms with E-state index in [1.54, 1.807) is 0 Å². The van der Waals surface area contributed by atoms with Gasteiger partial charge in [-0.3, -0.25) is 0 Å². The average Bonchev–Trinajstić information content (AvgIpc) is 2.82. The Hall–Kier alpha value is -3.84. The molecule has 0 atom stereocenters. The summed E-state index contributed by atoms with van der Waals surface area (Å²) in [5.41, 5.74) is 12.8. The summed E-state index contributed by atoms with van der Waals surface area (Å²) >= 11 is 2.52. The molecule has 0 amide bonds. The summed E-state index contributed by atoms with van der Waals surface area (Å²) < 4.78 is 0. The van der Waals surface area contributed by atoms with E-state index in [1.165, 1.54) is 23.5 Å². The average molecular weight is 451 g/mol. The van der Waals surface area contributed by atoms with Gasteiger partial charge in [-0.15, -0.1) is 0 Å². The monoisotopic (exact) mass is 450 g/mol. The van der Waals surface area contributed by atoms with E-state index in [0.29, 0.717) is 0 Å². The molecule has 6 heteroatoms. The van der Waals surface area contributed by atoms with Crippen LogP contribution < -0.4 is 11.5 Å². The molecular weight excluding hydrogens is 432 g/mol. The largest absolute Gasteiger partial charge is 0.392 e. The first-order valence-electron chi connectivity index (χ1n) is 9.73. The summed E-state index contributed by atoms with van der Waals surface area (Å²) in [6.07, 6.45) is 0. The number of hydrogen-bond donors (Lipinski definition) is 2. The fourth-order valence-electron chi connectivity index (χ4n) is 3.38. The predicted octanol–water partition coefficient (Wildman–Crippen LogP) is 6.27. The SMILES string of the molecule is N#CC(=C(/N)Sc1cccc2ccccc12)/C(C#N)=C(\N)Sc1cccc2ccccc12. The molecule has 0 fully saturated rings. The maximum atomic E-state index is 9.82. The first-order valence-corrected chi connectivity index (χ1v) is 11.4. The fraction of sp³-hybridized carbons (Fsp3) is 0. The van der Waals surface area contributed by atoms with Gasteiger partial charge in [0.1, 0.15) is 23.3 Å². The van der Waals surface area contributed by atoms with Crippen molar-refractivity contribution in [2.75, 3.05) is 0 Å². The van der Waals surface area contributed by atoms with Crippen LogP contribution in [0.3, 0.4) is 0 Å². The van der Waals surface area contributed by atoms with Gasteiger partial charge in [0.15, 0.2) is 0 Å². The summed E-state index contributed by atoms with van der Waals surface area (Å²) in [5, 5.41) is 24.3. The van der Waals surface area contributed by atoms with E-state index in [1.807, 2.05) is 84.9 Å².